The van der Waals surface area contributed by atoms with Crippen LogP contribution >= 0.6 is 24.8 Å². The number of hydrogen-bond donors (Lipinski definition) is 1. The summed E-state index contributed by atoms with van der Waals surface area (Å²) in [6.07, 6.45) is 2.56. The quantitative estimate of drug-likeness (QED) is 0.801. The van der Waals surface area contributed by atoms with Crippen LogP contribution in [-0.2, 0) is 0 Å². The fourth-order valence-electron chi connectivity index (χ4n) is 2.80. The molecule has 0 radical (unpaired) electrons. The van der Waals surface area contributed by atoms with Crippen LogP contribution in [0.4, 0.5) is 0 Å². The summed E-state index contributed by atoms with van der Waals surface area (Å²) in [5.41, 5.74) is 8.72. The van der Waals surface area contributed by atoms with Crippen molar-refractivity contribution in [2.24, 2.45) is 11.7 Å². The van der Waals surface area contributed by atoms with Crippen LogP contribution in [0.15, 0.2) is 30.5 Å². The summed E-state index contributed by atoms with van der Waals surface area (Å²) in [6.45, 7) is 8.82. The molecule has 2 heterocycles. The minimum absolute atomic E-state index is 0. The van der Waals surface area contributed by atoms with Gasteiger partial charge in [0.25, 0.3) is 5.91 Å². The van der Waals surface area contributed by atoms with E-state index in [4.69, 9.17) is 5.73 Å². The van der Waals surface area contributed by atoms with E-state index in [2.05, 4.69) is 18.8 Å². The normalized spacial score (nSPS) is 11.5. The second kappa shape index (κ2) is 10.6. The highest BCUT2D eigenvalue weighted by molar-refractivity contribution is 5.95. The van der Waals surface area contributed by atoms with Crippen molar-refractivity contribution in [3.63, 3.8) is 0 Å². The molecule has 1 amide bonds. The summed E-state index contributed by atoms with van der Waals surface area (Å²) in [7, 11) is 1.84. The number of amides is 1. The van der Waals surface area contributed by atoms with Crippen LogP contribution in [0.2, 0.25) is 0 Å². The van der Waals surface area contributed by atoms with Gasteiger partial charge in [-0.15, -0.1) is 24.8 Å². The molecule has 2 aromatic heterocycles. The fraction of sp³-hybridized carbons (Fsp3) is 0.474. The molecule has 146 valence electrons. The van der Waals surface area contributed by atoms with Gasteiger partial charge in [-0.2, -0.15) is 0 Å². The zero-order chi connectivity index (χ0) is 17.9. The fourth-order valence-corrected chi connectivity index (χ4v) is 2.80. The van der Waals surface area contributed by atoms with Crippen molar-refractivity contribution in [3.8, 4) is 5.82 Å². The molecule has 0 bridgehead atoms. The van der Waals surface area contributed by atoms with Gasteiger partial charge in [-0.25, -0.2) is 4.98 Å². The van der Waals surface area contributed by atoms with E-state index in [1.807, 2.05) is 49.7 Å². The number of carbonyl (C=O) groups excluding carboxylic acids is 1. The van der Waals surface area contributed by atoms with Crippen molar-refractivity contribution < 1.29 is 4.79 Å². The molecule has 5 nitrogen and oxygen atoms in total. The molecule has 1 unspecified atom stereocenters. The molecule has 0 fully saturated rings. The van der Waals surface area contributed by atoms with Crippen LogP contribution in [-0.4, -0.2) is 40.0 Å². The average Bonchev–Trinajstić information content (AvgIpc) is 2.86. The number of aromatic nitrogens is 2. The zero-order valence-corrected chi connectivity index (χ0v) is 17.7. The van der Waals surface area contributed by atoms with E-state index >= 15 is 0 Å². The maximum absolute atomic E-state index is 12.8. The Morgan fingerprint density at radius 2 is 1.92 bits per heavy atom. The first-order valence-electron chi connectivity index (χ1n) is 8.44. The second-order valence-corrected chi connectivity index (χ2v) is 6.73. The Labute approximate surface area is 168 Å². The van der Waals surface area contributed by atoms with Crippen LogP contribution in [0.1, 0.15) is 42.0 Å². The molecular formula is C19H30Cl2N4O. The van der Waals surface area contributed by atoms with Gasteiger partial charge in [-0.3, -0.25) is 4.79 Å². The minimum atomic E-state index is 0. The number of pyridine rings is 1. The summed E-state index contributed by atoms with van der Waals surface area (Å²) >= 11 is 0. The Kier molecular flexibility index (Phi) is 9.92. The highest BCUT2D eigenvalue weighted by Gasteiger charge is 2.20. The van der Waals surface area contributed by atoms with Crippen molar-refractivity contribution in [1.29, 1.82) is 0 Å². The Morgan fingerprint density at radius 3 is 2.46 bits per heavy atom. The standard InChI is InChI=1S/C19H28N4O.2ClH/c1-13(2)17(20)9-11-22(5)19(24)16-12-14(3)23(15(16)4)18-8-6-7-10-21-18;;/h6-8,10,12-13,17H,9,11,20H2,1-5H3;2*1H. The van der Waals surface area contributed by atoms with E-state index < -0.39 is 0 Å². The van der Waals surface area contributed by atoms with Gasteiger partial charge in [0.1, 0.15) is 5.82 Å². The first kappa shape index (κ1) is 24.4. The average molecular weight is 401 g/mol. The molecule has 1 atom stereocenters. The number of halogens is 2. The molecule has 0 spiro atoms. The summed E-state index contributed by atoms with van der Waals surface area (Å²) < 4.78 is 2.01. The SMILES string of the molecule is Cc1cc(C(=O)N(C)CCC(N)C(C)C)c(C)n1-c1ccccn1.Cl.Cl. The van der Waals surface area contributed by atoms with Gasteiger partial charge >= 0.3 is 0 Å². The molecule has 26 heavy (non-hydrogen) atoms. The maximum Gasteiger partial charge on any atom is 0.255 e. The van der Waals surface area contributed by atoms with E-state index in [-0.39, 0.29) is 36.8 Å². The summed E-state index contributed by atoms with van der Waals surface area (Å²) in [5, 5.41) is 0. The smallest absolute Gasteiger partial charge is 0.255 e. The number of nitrogens with two attached hydrogens (primary N) is 1. The van der Waals surface area contributed by atoms with Crippen LogP contribution in [0.3, 0.4) is 0 Å². The molecule has 2 aromatic rings. The third kappa shape index (κ3) is 5.47. The molecule has 2 rings (SSSR count). The van der Waals surface area contributed by atoms with E-state index in [0.29, 0.717) is 12.5 Å². The van der Waals surface area contributed by atoms with Crippen molar-refractivity contribution in [3.05, 3.63) is 47.4 Å². The Hall–Kier alpha value is -1.56. The summed E-state index contributed by atoms with van der Waals surface area (Å²) in [6, 6.07) is 7.82. The van der Waals surface area contributed by atoms with Gasteiger partial charge in [0, 0.05) is 37.2 Å². The topological polar surface area (TPSA) is 64.2 Å². The van der Waals surface area contributed by atoms with Gasteiger partial charge in [0.2, 0.25) is 0 Å². The van der Waals surface area contributed by atoms with Gasteiger partial charge < -0.3 is 15.2 Å². The van der Waals surface area contributed by atoms with Gasteiger partial charge in [0.05, 0.1) is 5.56 Å². The molecule has 0 saturated carbocycles. The van der Waals surface area contributed by atoms with Gasteiger partial charge in [-0.1, -0.05) is 19.9 Å². The van der Waals surface area contributed by atoms with Crippen molar-refractivity contribution >= 4 is 30.7 Å². The predicted octanol–water partition coefficient (Wildman–Crippen LogP) is 3.78. The monoisotopic (exact) mass is 400 g/mol. The predicted molar refractivity (Wildman–Crippen MR) is 112 cm³/mol. The third-order valence-electron chi connectivity index (χ3n) is 4.54. The summed E-state index contributed by atoms with van der Waals surface area (Å²) in [4.78, 5) is 18.9. The Morgan fingerprint density at radius 1 is 1.27 bits per heavy atom. The van der Waals surface area contributed by atoms with E-state index in [1.54, 1.807) is 11.1 Å². The highest BCUT2D eigenvalue weighted by Crippen LogP contribution is 2.20. The first-order valence-corrected chi connectivity index (χ1v) is 8.44. The maximum atomic E-state index is 12.8. The van der Waals surface area contributed by atoms with Gasteiger partial charge in [0.15, 0.2) is 0 Å². The number of hydrogen-bond acceptors (Lipinski definition) is 3. The lowest BCUT2D eigenvalue weighted by atomic mass is 10.0. The van der Waals surface area contributed by atoms with Crippen molar-refractivity contribution in [1.82, 2.24) is 14.5 Å². The van der Waals surface area contributed by atoms with E-state index in [1.165, 1.54) is 0 Å². The molecule has 0 saturated heterocycles. The highest BCUT2D eigenvalue weighted by atomic mass is 35.5. The molecule has 0 aliphatic carbocycles. The second-order valence-electron chi connectivity index (χ2n) is 6.73. The third-order valence-corrected chi connectivity index (χ3v) is 4.54. The lowest BCUT2D eigenvalue weighted by Crippen LogP contribution is -2.34. The van der Waals surface area contributed by atoms with E-state index in [0.717, 1.165) is 29.2 Å². The van der Waals surface area contributed by atoms with Gasteiger partial charge in [-0.05, 0) is 44.4 Å². The van der Waals surface area contributed by atoms with Crippen molar-refractivity contribution in [2.45, 2.75) is 40.2 Å². The minimum Gasteiger partial charge on any atom is -0.342 e. The lowest BCUT2D eigenvalue weighted by molar-refractivity contribution is 0.0788. The number of nitrogens with zero attached hydrogens (tertiary/aromatic N) is 3. The van der Waals surface area contributed by atoms with Crippen LogP contribution < -0.4 is 5.73 Å². The molecule has 7 heteroatoms. The number of aryl methyl sites for hydroxylation is 1. The Bertz CT molecular complexity index is 701. The first-order chi connectivity index (χ1) is 11.3. The number of rotatable bonds is 6. The largest absolute Gasteiger partial charge is 0.342 e. The zero-order valence-electron chi connectivity index (χ0n) is 16.1. The molecular weight excluding hydrogens is 371 g/mol. The van der Waals surface area contributed by atoms with Crippen LogP contribution in [0, 0.1) is 19.8 Å². The van der Waals surface area contributed by atoms with Crippen LogP contribution in [0.5, 0.6) is 0 Å². The number of carbonyl (C=O) groups is 1. The Balaban J connectivity index is 0.00000312. The van der Waals surface area contributed by atoms with E-state index in [9.17, 15) is 4.79 Å². The molecule has 2 N–H and O–H groups in total. The summed E-state index contributed by atoms with van der Waals surface area (Å²) in [5.74, 6) is 1.28. The van der Waals surface area contributed by atoms with Crippen molar-refractivity contribution in [2.75, 3.05) is 13.6 Å². The molecule has 0 aliphatic heterocycles. The molecule has 0 aliphatic rings. The lowest BCUT2D eigenvalue weighted by Gasteiger charge is -2.21. The molecule has 0 aromatic carbocycles. The van der Waals surface area contributed by atoms with Crippen LogP contribution in [0.25, 0.3) is 5.82 Å².